The van der Waals surface area contributed by atoms with Crippen LogP contribution in [0, 0.1) is 0 Å². The molecule has 1 aromatic carbocycles. The first-order chi connectivity index (χ1) is 6.09. The minimum absolute atomic E-state index is 0.568. The Hall–Kier alpha value is -1.24. The molecule has 0 spiro atoms. The molecule has 0 saturated heterocycles. The van der Waals surface area contributed by atoms with Crippen LogP contribution in [0.4, 0.5) is 0 Å². The maximum Gasteiger partial charge on any atom is 0.126 e. The van der Waals surface area contributed by atoms with Crippen molar-refractivity contribution >= 4 is 0 Å². The molecule has 0 radical (unpaired) electrons. The minimum atomic E-state index is 0.568. The van der Waals surface area contributed by atoms with Gasteiger partial charge in [-0.1, -0.05) is 32.6 Å². The highest BCUT2D eigenvalue weighted by Crippen LogP contribution is 2.19. The van der Waals surface area contributed by atoms with Gasteiger partial charge in [0.25, 0.3) is 0 Å². The molecule has 0 atom stereocenters. The lowest BCUT2D eigenvalue weighted by molar-refractivity contribution is 0.430. The smallest absolute Gasteiger partial charge is 0.126 e. The fraction of sp³-hybridized carbons (Fsp3) is 0.333. The Bertz CT molecular complexity index is 282. The lowest BCUT2D eigenvalue weighted by Gasteiger charge is -2.07. The lowest BCUT2D eigenvalue weighted by Crippen LogP contribution is -1.90. The van der Waals surface area contributed by atoms with Gasteiger partial charge in [-0.25, -0.2) is 0 Å². The van der Waals surface area contributed by atoms with E-state index in [4.69, 9.17) is 4.74 Å². The average Bonchev–Trinajstić information content (AvgIpc) is 2.04. The van der Waals surface area contributed by atoms with Crippen LogP contribution in [0.5, 0.6) is 5.75 Å². The molecule has 70 valence electrons. The second kappa shape index (κ2) is 4.13. The minimum Gasteiger partial charge on any atom is -0.463 e. The Balaban J connectivity index is 2.75. The molecular weight excluding hydrogens is 160 g/mol. The normalized spacial score (nSPS) is 10.2. The molecule has 1 aromatic rings. The van der Waals surface area contributed by atoms with Crippen LogP contribution in [0.2, 0.25) is 0 Å². The van der Waals surface area contributed by atoms with Crippen LogP contribution in [-0.4, -0.2) is 0 Å². The predicted octanol–water partition coefficient (Wildman–Crippen LogP) is 3.72. The molecule has 0 fully saturated rings. The molecule has 0 amide bonds. The third-order valence-corrected chi connectivity index (χ3v) is 1.84. The van der Waals surface area contributed by atoms with Crippen LogP contribution >= 0.6 is 0 Å². The second-order valence-corrected chi connectivity index (χ2v) is 3.53. The van der Waals surface area contributed by atoms with Gasteiger partial charge in [0.15, 0.2) is 0 Å². The van der Waals surface area contributed by atoms with E-state index in [0.717, 1.165) is 11.5 Å². The van der Waals surface area contributed by atoms with Crippen LogP contribution in [0.25, 0.3) is 0 Å². The molecular formula is C12H16O. The highest BCUT2D eigenvalue weighted by atomic mass is 16.5. The number of allylic oxidation sites excluding steroid dienone is 1. The van der Waals surface area contributed by atoms with E-state index >= 15 is 0 Å². The predicted molar refractivity (Wildman–Crippen MR) is 56.0 cm³/mol. The number of rotatable bonds is 3. The van der Waals surface area contributed by atoms with Gasteiger partial charge in [0.1, 0.15) is 5.75 Å². The summed E-state index contributed by atoms with van der Waals surface area (Å²) < 4.78 is 5.35. The molecule has 0 aliphatic rings. The summed E-state index contributed by atoms with van der Waals surface area (Å²) in [6, 6.07) is 8.12. The Morgan fingerprint density at radius 1 is 1.23 bits per heavy atom. The SMILES string of the molecule is C=C(C)Oc1ccc(C(C)C)cc1. The fourth-order valence-electron chi connectivity index (χ4n) is 1.12. The van der Waals surface area contributed by atoms with Crippen molar-refractivity contribution in [2.45, 2.75) is 26.7 Å². The van der Waals surface area contributed by atoms with Crippen LogP contribution in [0.3, 0.4) is 0 Å². The molecule has 13 heavy (non-hydrogen) atoms. The van der Waals surface area contributed by atoms with Crippen molar-refractivity contribution in [2.75, 3.05) is 0 Å². The van der Waals surface area contributed by atoms with Gasteiger partial charge in [-0.2, -0.15) is 0 Å². The summed E-state index contributed by atoms with van der Waals surface area (Å²) in [7, 11) is 0. The topological polar surface area (TPSA) is 9.23 Å². The summed E-state index contributed by atoms with van der Waals surface area (Å²) in [6.45, 7) is 9.88. The highest BCUT2D eigenvalue weighted by Gasteiger charge is 1.98. The second-order valence-electron chi connectivity index (χ2n) is 3.53. The van der Waals surface area contributed by atoms with Gasteiger partial charge in [-0.3, -0.25) is 0 Å². The van der Waals surface area contributed by atoms with Crippen molar-refractivity contribution in [2.24, 2.45) is 0 Å². The molecule has 1 nitrogen and oxygen atoms in total. The van der Waals surface area contributed by atoms with Gasteiger partial charge < -0.3 is 4.74 Å². The number of ether oxygens (including phenoxy) is 1. The number of hydrogen-bond donors (Lipinski definition) is 0. The fourth-order valence-corrected chi connectivity index (χ4v) is 1.12. The molecule has 0 saturated carbocycles. The zero-order chi connectivity index (χ0) is 9.84. The maximum absolute atomic E-state index is 5.35. The zero-order valence-electron chi connectivity index (χ0n) is 8.50. The van der Waals surface area contributed by atoms with E-state index in [9.17, 15) is 0 Å². The average molecular weight is 176 g/mol. The van der Waals surface area contributed by atoms with E-state index in [2.05, 4.69) is 32.6 Å². The first kappa shape index (κ1) is 9.85. The van der Waals surface area contributed by atoms with Gasteiger partial charge in [-0.05, 0) is 30.5 Å². The molecule has 0 aromatic heterocycles. The first-order valence-electron chi connectivity index (χ1n) is 4.53. The Labute approximate surface area is 80.0 Å². The van der Waals surface area contributed by atoms with Crippen LogP contribution in [0.1, 0.15) is 32.3 Å². The van der Waals surface area contributed by atoms with E-state index in [-0.39, 0.29) is 0 Å². The molecule has 0 aliphatic heterocycles. The van der Waals surface area contributed by atoms with E-state index in [1.807, 2.05) is 19.1 Å². The van der Waals surface area contributed by atoms with Gasteiger partial charge in [0, 0.05) is 0 Å². The molecule has 1 heteroatoms. The summed E-state index contributed by atoms with van der Waals surface area (Å²) in [5.41, 5.74) is 1.33. The van der Waals surface area contributed by atoms with Crippen molar-refractivity contribution in [3.05, 3.63) is 42.2 Å². The zero-order valence-corrected chi connectivity index (χ0v) is 8.50. The van der Waals surface area contributed by atoms with Gasteiger partial charge in [-0.15, -0.1) is 0 Å². The summed E-state index contributed by atoms with van der Waals surface area (Å²) >= 11 is 0. The summed E-state index contributed by atoms with van der Waals surface area (Å²) in [5, 5.41) is 0. The third-order valence-electron chi connectivity index (χ3n) is 1.84. The van der Waals surface area contributed by atoms with Crippen molar-refractivity contribution in [3.8, 4) is 5.75 Å². The molecule has 0 heterocycles. The standard InChI is InChI=1S/C12H16O/c1-9(2)11-5-7-12(8-6-11)13-10(3)4/h5-9H,3H2,1-2,4H3. The highest BCUT2D eigenvalue weighted by molar-refractivity contribution is 5.29. The van der Waals surface area contributed by atoms with E-state index in [0.29, 0.717) is 5.92 Å². The monoisotopic (exact) mass is 176 g/mol. The van der Waals surface area contributed by atoms with E-state index < -0.39 is 0 Å². The molecule has 0 aliphatic carbocycles. The van der Waals surface area contributed by atoms with Crippen molar-refractivity contribution < 1.29 is 4.74 Å². The summed E-state index contributed by atoms with van der Waals surface area (Å²) in [5.74, 6) is 2.15. The molecule has 0 unspecified atom stereocenters. The Morgan fingerprint density at radius 3 is 2.15 bits per heavy atom. The molecule has 1 rings (SSSR count). The largest absolute Gasteiger partial charge is 0.463 e. The quantitative estimate of drug-likeness (QED) is 0.638. The number of hydrogen-bond acceptors (Lipinski definition) is 1. The van der Waals surface area contributed by atoms with Gasteiger partial charge in [0.2, 0.25) is 0 Å². The van der Waals surface area contributed by atoms with Crippen molar-refractivity contribution in [1.82, 2.24) is 0 Å². The van der Waals surface area contributed by atoms with Gasteiger partial charge >= 0.3 is 0 Å². The van der Waals surface area contributed by atoms with Crippen molar-refractivity contribution in [3.63, 3.8) is 0 Å². The van der Waals surface area contributed by atoms with Crippen LogP contribution < -0.4 is 4.74 Å². The summed E-state index contributed by atoms with van der Waals surface area (Å²) in [6.07, 6.45) is 0. The van der Waals surface area contributed by atoms with Gasteiger partial charge in [0.05, 0.1) is 5.76 Å². The lowest BCUT2D eigenvalue weighted by atomic mass is 10.0. The maximum atomic E-state index is 5.35. The molecule has 0 bridgehead atoms. The number of benzene rings is 1. The van der Waals surface area contributed by atoms with Crippen molar-refractivity contribution in [1.29, 1.82) is 0 Å². The van der Waals surface area contributed by atoms with Crippen LogP contribution in [0.15, 0.2) is 36.6 Å². The molecule has 0 N–H and O–H groups in total. The third kappa shape index (κ3) is 2.94. The van der Waals surface area contributed by atoms with E-state index in [1.54, 1.807) is 0 Å². The van der Waals surface area contributed by atoms with E-state index in [1.165, 1.54) is 5.56 Å². The first-order valence-corrected chi connectivity index (χ1v) is 4.53. The van der Waals surface area contributed by atoms with Crippen LogP contribution in [-0.2, 0) is 0 Å². The summed E-state index contributed by atoms with van der Waals surface area (Å²) in [4.78, 5) is 0. The Kier molecular flexibility index (Phi) is 3.13. The Morgan fingerprint density at radius 2 is 1.77 bits per heavy atom.